The van der Waals surface area contributed by atoms with Gasteiger partial charge in [0.1, 0.15) is 5.82 Å². The Balaban J connectivity index is 2.75. The van der Waals surface area contributed by atoms with Gasteiger partial charge in [0.2, 0.25) is 0 Å². The van der Waals surface area contributed by atoms with E-state index in [1.54, 1.807) is 0 Å². The number of halogens is 1. The number of aliphatic hydroxyl groups excluding tert-OH is 1. The van der Waals surface area contributed by atoms with Crippen LogP contribution in [0.2, 0.25) is 0 Å². The molecule has 3 heteroatoms. The van der Waals surface area contributed by atoms with Crippen LogP contribution < -0.4 is 0 Å². The van der Waals surface area contributed by atoms with Crippen molar-refractivity contribution in [2.45, 2.75) is 79.2 Å². The first kappa shape index (κ1) is 21.6. The first-order valence-electron chi connectivity index (χ1n) is 10.3. The Labute approximate surface area is 163 Å². The predicted molar refractivity (Wildman–Crippen MR) is 111 cm³/mol. The van der Waals surface area contributed by atoms with Crippen molar-refractivity contribution in [3.8, 4) is 11.1 Å². The molecular weight excluding hydrogens is 337 g/mol. The molecule has 1 aromatic heterocycles. The number of pyridine rings is 1. The van der Waals surface area contributed by atoms with E-state index in [1.807, 2.05) is 12.1 Å². The molecule has 0 fully saturated rings. The van der Waals surface area contributed by atoms with Crippen LogP contribution in [0, 0.1) is 11.7 Å². The van der Waals surface area contributed by atoms with Gasteiger partial charge in [0.15, 0.2) is 0 Å². The van der Waals surface area contributed by atoms with Crippen molar-refractivity contribution in [2.24, 2.45) is 5.92 Å². The Kier molecular flexibility index (Phi) is 7.97. The van der Waals surface area contributed by atoms with Crippen molar-refractivity contribution in [2.75, 3.05) is 0 Å². The second-order valence-electron chi connectivity index (χ2n) is 8.15. The molecule has 1 heterocycles. The second kappa shape index (κ2) is 9.98. The van der Waals surface area contributed by atoms with E-state index in [1.165, 1.54) is 24.1 Å². The van der Waals surface area contributed by atoms with Crippen molar-refractivity contribution < 1.29 is 9.50 Å². The number of hydrogen-bond donors (Lipinski definition) is 1. The summed E-state index contributed by atoms with van der Waals surface area (Å²) < 4.78 is 13.5. The minimum absolute atomic E-state index is 0.0457. The van der Waals surface area contributed by atoms with E-state index in [4.69, 9.17) is 4.98 Å². The topological polar surface area (TPSA) is 33.1 Å². The van der Waals surface area contributed by atoms with E-state index in [-0.39, 0.29) is 18.3 Å². The van der Waals surface area contributed by atoms with Crippen LogP contribution in [-0.2, 0) is 19.4 Å². The van der Waals surface area contributed by atoms with Crippen molar-refractivity contribution in [1.82, 2.24) is 4.98 Å². The fourth-order valence-electron chi connectivity index (χ4n) is 3.71. The fraction of sp³-hybridized carbons (Fsp3) is 0.542. The summed E-state index contributed by atoms with van der Waals surface area (Å²) in [6, 6.07) is 6.67. The molecule has 0 saturated carbocycles. The minimum Gasteiger partial charge on any atom is -0.392 e. The Hall–Kier alpha value is -1.74. The SMILES string of the molecule is CCCCCc1c(CC(C)C)nc(C(C)C)c(CO)c1-c1ccc(F)cc1. The van der Waals surface area contributed by atoms with E-state index in [2.05, 4.69) is 34.6 Å². The molecule has 0 saturated heterocycles. The first-order valence-corrected chi connectivity index (χ1v) is 10.3. The molecule has 2 rings (SSSR count). The summed E-state index contributed by atoms with van der Waals surface area (Å²) in [7, 11) is 0. The van der Waals surface area contributed by atoms with Gasteiger partial charge < -0.3 is 5.11 Å². The van der Waals surface area contributed by atoms with Gasteiger partial charge in [0.05, 0.1) is 6.61 Å². The maximum atomic E-state index is 13.5. The monoisotopic (exact) mass is 371 g/mol. The minimum atomic E-state index is -0.239. The smallest absolute Gasteiger partial charge is 0.123 e. The molecule has 0 spiro atoms. The maximum Gasteiger partial charge on any atom is 0.123 e. The lowest BCUT2D eigenvalue weighted by atomic mass is 9.86. The van der Waals surface area contributed by atoms with Gasteiger partial charge in [-0.15, -0.1) is 0 Å². The standard InChI is InChI=1S/C24H34FNO/c1-6-7-8-9-20-22(14-16(2)3)26-24(17(4)5)21(15-27)23(20)18-10-12-19(25)13-11-18/h10-13,16-17,27H,6-9,14-15H2,1-5H3. The molecule has 2 nitrogen and oxygen atoms in total. The van der Waals surface area contributed by atoms with E-state index < -0.39 is 0 Å². The third kappa shape index (κ3) is 5.38. The number of hydrogen-bond acceptors (Lipinski definition) is 2. The van der Waals surface area contributed by atoms with Gasteiger partial charge in [-0.2, -0.15) is 0 Å². The van der Waals surface area contributed by atoms with Gasteiger partial charge in [0, 0.05) is 17.0 Å². The Bertz CT molecular complexity index is 735. The molecule has 2 aromatic rings. The number of aliphatic hydroxyl groups is 1. The van der Waals surface area contributed by atoms with Crippen molar-refractivity contribution in [3.63, 3.8) is 0 Å². The highest BCUT2D eigenvalue weighted by molar-refractivity contribution is 5.73. The summed E-state index contributed by atoms with van der Waals surface area (Å²) in [5.41, 5.74) is 6.28. The molecule has 1 aromatic carbocycles. The quantitative estimate of drug-likeness (QED) is 0.515. The lowest BCUT2D eigenvalue weighted by Crippen LogP contribution is -2.13. The highest BCUT2D eigenvalue weighted by Gasteiger charge is 2.22. The summed E-state index contributed by atoms with van der Waals surface area (Å²) >= 11 is 0. The number of aromatic nitrogens is 1. The maximum absolute atomic E-state index is 13.5. The van der Waals surface area contributed by atoms with Crippen LogP contribution in [0.5, 0.6) is 0 Å². The van der Waals surface area contributed by atoms with Gasteiger partial charge in [0.25, 0.3) is 0 Å². The summed E-state index contributed by atoms with van der Waals surface area (Å²) in [4.78, 5) is 5.03. The van der Waals surface area contributed by atoms with Crippen molar-refractivity contribution >= 4 is 0 Å². The fourth-order valence-corrected chi connectivity index (χ4v) is 3.71. The summed E-state index contributed by atoms with van der Waals surface area (Å²) in [6.45, 7) is 10.8. The molecule has 1 N–H and O–H groups in total. The summed E-state index contributed by atoms with van der Waals surface area (Å²) in [5, 5.41) is 10.2. The summed E-state index contributed by atoms with van der Waals surface area (Å²) in [5.74, 6) is 0.489. The van der Waals surface area contributed by atoms with Crippen LogP contribution in [0.15, 0.2) is 24.3 Å². The third-order valence-electron chi connectivity index (χ3n) is 4.99. The number of rotatable bonds is 9. The van der Waals surface area contributed by atoms with E-state index in [9.17, 15) is 9.50 Å². The van der Waals surface area contributed by atoms with Gasteiger partial charge >= 0.3 is 0 Å². The van der Waals surface area contributed by atoms with Crippen LogP contribution in [0.1, 0.15) is 82.3 Å². The largest absolute Gasteiger partial charge is 0.392 e. The highest BCUT2D eigenvalue weighted by atomic mass is 19.1. The molecule has 0 aliphatic rings. The molecule has 0 amide bonds. The molecule has 27 heavy (non-hydrogen) atoms. The van der Waals surface area contributed by atoms with Crippen LogP contribution in [0.25, 0.3) is 11.1 Å². The summed E-state index contributed by atoms with van der Waals surface area (Å²) in [6.07, 6.45) is 5.30. The van der Waals surface area contributed by atoms with E-state index >= 15 is 0 Å². The van der Waals surface area contributed by atoms with Crippen LogP contribution >= 0.6 is 0 Å². The zero-order chi connectivity index (χ0) is 20.0. The second-order valence-corrected chi connectivity index (χ2v) is 8.15. The molecule has 0 unspecified atom stereocenters. The number of benzene rings is 1. The zero-order valence-corrected chi connectivity index (χ0v) is 17.5. The predicted octanol–water partition coefficient (Wildman–Crippen LogP) is 6.43. The zero-order valence-electron chi connectivity index (χ0n) is 17.5. The average Bonchev–Trinajstić information content (AvgIpc) is 2.62. The first-order chi connectivity index (χ1) is 12.9. The van der Waals surface area contributed by atoms with Gasteiger partial charge in [-0.3, -0.25) is 4.98 Å². The van der Waals surface area contributed by atoms with Gasteiger partial charge in [-0.25, -0.2) is 4.39 Å². The lowest BCUT2D eigenvalue weighted by Gasteiger charge is -2.23. The van der Waals surface area contributed by atoms with Crippen LogP contribution in [-0.4, -0.2) is 10.1 Å². The molecule has 0 atom stereocenters. The van der Waals surface area contributed by atoms with E-state index in [0.29, 0.717) is 5.92 Å². The Morgan fingerprint density at radius 1 is 1.00 bits per heavy atom. The molecule has 0 bridgehead atoms. The molecule has 0 radical (unpaired) electrons. The Morgan fingerprint density at radius 3 is 2.19 bits per heavy atom. The average molecular weight is 372 g/mol. The Morgan fingerprint density at radius 2 is 1.67 bits per heavy atom. The van der Waals surface area contributed by atoms with Crippen molar-refractivity contribution in [3.05, 3.63) is 52.6 Å². The van der Waals surface area contributed by atoms with Gasteiger partial charge in [-0.1, -0.05) is 59.6 Å². The molecule has 0 aliphatic carbocycles. The van der Waals surface area contributed by atoms with Gasteiger partial charge in [-0.05, 0) is 59.9 Å². The molecule has 148 valence electrons. The molecular formula is C24H34FNO. The third-order valence-corrected chi connectivity index (χ3v) is 4.99. The van der Waals surface area contributed by atoms with Crippen LogP contribution in [0.4, 0.5) is 4.39 Å². The highest BCUT2D eigenvalue weighted by Crippen LogP contribution is 2.36. The van der Waals surface area contributed by atoms with Crippen LogP contribution in [0.3, 0.4) is 0 Å². The molecule has 0 aliphatic heterocycles. The lowest BCUT2D eigenvalue weighted by molar-refractivity contribution is 0.279. The number of nitrogens with zero attached hydrogens (tertiary/aromatic N) is 1. The van der Waals surface area contributed by atoms with E-state index in [0.717, 1.165) is 53.8 Å². The normalized spacial score (nSPS) is 11.6. The van der Waals surface area contributed by atoms with Crippen molar-refractivity contribution in [1.29, 1.82) is 0 Å². The number of unbranched alkanes of at least 4 members (excludes halogenated alkanes) is 2.